The van der Waals surface area contributed by atoms with Crippen molar-refractivity contribution in [3.8, 4) is 22.3 Å². The molecule has 2 aromatic heterocycles. The summed E-state index contributed by atoms with van der Waals surface area (Å²) in [5, 5.41) is 6.89. The fourth-order valence-corrected chi connectivity index (χ4v) is 7.99. The topological polar surface area (TPSA) is 26.3 Å². The van der Waals surface area contributed by atoms with Crippen molar-refractivity contribution in [3.05, 3.63) is 216 Å². The van der Waals surface area contributed by atoms with E-state index in [0.717, 1.165) is 88.9 Å². The van der Waals surface area contributed by atoms with Gasteiger partial charge in [0.1, 0.15) is 22.3 Å². The van der Waals surface area contributed by atoms with Crippen molar-refractivity contribution < 1.29 is 8.83 Å². The Bertz CT molecular complexity index is 3090. The molecule has 7 aromatic carbocycles. The van der Waals surface area contributed by atoms with Crippen LogP contribution in [0.3, 0.4) is 0 Å². The Kier molecular flexibility index (Phi) is 7.40. The van der Waals surface area contributed by atoms with Crippen LogP contribution in [0.25, 0.3) is 77.3 Å². The molecule has 10 rings (SSSR count). The van der Waals surface area contributed by atoms with Crippen LogP contribution in [0.5, 0.6) is 0 Å². The molecular weight excluding hydrogens is 645 g/mol. The quantitative estimate of drug-likeness (QED) is 0.185. The third kappa shape index (κ3) is 5.35. The van der Waals surface area contributed by atoms with Gasteiger partial charge in [0.05, 0.1) is 0 Å². The van der Waals surface area contributed by atoms with Crippen molar-refractivity contribution in [3.63, 3.8) is 0 Å². The van der Waals surface area contributed by atoms with E-state index >= 15 is 0 Å². The first kappa shape index (κ1) is 30.9. The van der Waals surface area contributed by atoms with Gasteiger partial charge in [-0.25, -0.2) is 0 Å². The summed E-state index contributed by atoms with van der Waals surface area (Å²) in [5.41, 5.74) is 14.0. The molecule has 1 aliphatic rings. The third-order valence-corrected chi connectivity index (χ3v) is 10.5. The maximum Gasteiger partial charge on any atom is 0.135 e. The lowest BCUT2D eigenvalue weighted by Gasteiger charge is -2.16. The number of furan rings is 2. The van der Waals surface area contributed by atoms with Crippen molar-refractivity contribution in [2.24, 2.45) is 0 Å². The summed E-state index contributed by atoms with van der Waals surface area (Å²) >= 11 is 0. The van der Waals surface area contributed by atoms with Gasteiger partial charge in [-0.3, -0.25) is 0 Å². The van der Waals surface area contributed by atoms with Crippen LogP contribution >= 0.6 is 0 Å². The van der Waals surface area contributed by atoms with Gasteiger partial charge < -0.3 is 8.83 Å². The second-order valence-electron chi connectivity index (χ2n) is 13.7. The largest absolute Gasteiger partial charge is 0.456 e. The van der Waals surface area contributed by atoms with Crippen LogP contribution in [-0.2, 0) is 0 Å². The zero-order chi connectivity index (χ0) is 35.3. The maximum absolute atomic E-state index is 6.18. The Balaban J connectivity index is 1.15. The number of rotatable bonds is 4. The second-order valence-corrected chi connectivity index (χ2v) is 13.7. The number of hydrogen-bond acceptors (Lipinski definition) is 2. The highest BCUT2D eigenvalue weighted by atomic mass is 16.3. The molecule has 0 atom stereocenters. The number of allylic oxidation sites excluding steroid dienone is 5. The SMILES string of the molecule is C=C1/C=C\C=C/C/C(c2ccccc2-c2ccc3oc4ccccc4c3c2)=c2/cccc/c2=C/1c1ccc(-c2ccc3oc4ccccc4c3c2)cc1. The average molecular weight is 679 g/mol. The summed E-state index contributed by atoms with van der Waals surface area (Å²) in [4.78, 5) is 0. The molecule has 53 heavy (non-hydrogen) atoms. The van der Waals surface area contributed by atoms with E-state index in [2.05, 4.69) is 164 Å². The molecule has 2 nitrogen and oxygen atoms in total. The molecule has 0 saturated heterocycles. The summed E-state index contributed by atoms with van der Waals surface area (Å²) < 4.78 is 12.3. The van der Waals surface area contributed by atoms with Crippen molar-refractivity contribution in [1.29, 1.82) is 0 Å². The van der Waals surface area contributed by atoms with Crippen LogP contribution in [0.2, 0.25) is 0 Å². The molecule has 0 unspecified atom stereocenters. The minimum absolute atomic E-state index is 0.777. The Labute approximate surface area is 307 Å². The Morgan fingerprint density at radius 3 is 1.66 bits per heavy atom. The monoisotopic (exact) mass is 678 g/mol. The minimum Gasteiger partial charge on any atom is -0.456 e. The van der Waals surface area contributed by atoms with E-state index in [1.165, 1.54) is 21.9 Å². The van der Waals surface area contributed by atoms with Crippen molar-refractivity contribution >= 4 is 55.0 Å². The van der Waals surface area contributed by atoms with Crippen LogP contribution in [-0.4, -0.2) is 0 Å². The summed E-state index contributed by atoms with van der Waals surface area (Å²) in [7, 11) is 0. The van der Waals surface area contributed by atoms with Crippen LogP contribution < -0.4 is 10.4 Å². The molecule has 250 valence electrons. The van der Waals surface area contributed by atoms with E-state index in [0.29, 0.717) is 0 Å². The molecule has 2 heterocycles. The molecule has 0 spiro atoms. The minimum atomic E-state index is 0.777. The lowest BCUT2D eigenvalue weighted by Crippen LogP contribution is -2.30. The van der Waals surface area contributed by atoms with E-state index in [-0.39, 0.29) is 0 Å². The smallest absolute Gasteiger partial charge is 0.135 e. The fraction of sp³-hybridized carbons (Fsp3) is 0.0196. The van der Waals surface area contributed by atoms with Crippen molar-refractivity contribution in [2.75, 3.05) is 0 Å². The number of hydrogen-bond donors (Lipinski definition) is 0. The molecule has 0 saturated carbocycles. The van der Waals surface area contributed by atoms with E-state index in [9.17, 15) is 0 Å². The molecule has 0 amide bonds. The van der Waals surface area contributed by atoms with Gasteiger partial charge in [-0.05, 0) is 103 Å². The van der Waals surface area contributed by atoms with E-state index in [1.54, 1.807) is 0 Å². The average Bonchev–Trinajstić information content (AvgIpc) is 3.78. The molecule has 0 radical (unpaired) electrons. The normalized spacial score (nSPS) is 16.6. The first-order valence-electron chi connectivity index (χ1n) is 18.1. The first-order chi connectivity index (χ1) is 26.2. The second kappa shape index (κ2) is 12.7. The number of fused-ring (bicyclic) bond motifs is 7. The Hall–Kier alpha value is -6.90. The van der Waals surface area contributed by atoms with Gasteiger partial charge in [-0.1, -0.05) is 152 Å². The first-order valence-corrected chi connectivity index (χ1v) is 18.1. The highest BCUT2D eigenvalue weighted by molar-refractivity contribution is 6.07. The lowest BCUT2D eigenvalue weighted by molar-refractivity contribution is 0.668. The maximum atomic E-state index is 6.18. The molecule has 1 aliphatic carbocycles. The highest BCUT2D eigenvalue weighted by Crippen LogP contribution is 2.36. The van der Waals surface area contributed by atoms with Gasteiger partial charge in [-0.15, -0.1) is 0 Å². The zero-order valence-electron chi connectivity index (χ0n) is 29.1. The van der Waals surface area contributed by atoms with Crippen LogP contribution in [0, 0.1) is 0 Å². The molecule has 2 heteroatoms. The van der Waals surface area contributed by atoms with Gasteiger partial charge in [0.2, 0.25) is 0 Å². The van der Waals surface area contributed by atoms with Gasteiger partial charge in [0, 0.05) is 21.5 Å². The molecule has 0 fully saturated rings. The number of para-hydroxylation sites is 2. The number of benzene rings is 7. The third-order valence-electron chi connectivity index (χ3n) is 10.5. The summed E-state index contributed by atoms with van der Waals surface area (Å²) in [6, 6.07) is 56.0. The van der Waals surface area contributed by atoms with Crippen molar-refractivity contribution in [1.82, 2.24) is 0 Å². The van der Waals surface area contributed by atoms with Gasteiger partial charge in [-0.2, -0.15) is 0 Å². The Morgan fingerprint density at radius 2 is 0.943 bits per heavy atom. The molecule has 0 N–H and O–H groups in total. The van der Waals surface area contributed by atoms with Crippen LogP contribution in [0.1, 0.15) is 17.5 Å². The van der Waals surface area contributed by atoms with E-state index in [1.807, 2.05) is 24.3 Å². The zero-order valence-corrected chi connectivity index (χ0v) is 29.1. The summed E-state index contributed by atoms with van der Waals surface area (Å²) in [6.07, 6.45) is 9.40. The van der Waals surface area contributed by atoms with Crippen molar-refractivity contribution in [2.45, 2.75) is 6.42 Å². The van der Waals surface area contributed by atoms with E-state index in [4.69, 9.17) is 8.83 Å². The van der Waals surface area contributed by atoms with E-state index < -0.39 is 0 Å². The van der Waals surface area contributed by atoms with Crippen LogP contribution in [0.15, 0.2) is 203 Å². The fourth-order valence-electron chi connectivity index (χ4n) is 7.99. The molecule has 0 bridgehead atoms. The van der Waals surface area contributed by atoms with Crippen LogP contribution in [0.4, 0.5) is 0 Å². The Morgan fingerprint density at radius 1 is 0.415 bits per heavy atom. The van der Waals surface area contributed by atoms with Gasteiger partial charge >= 0.3 is 0 Å². The lowest BCUT2D eigenvalue weighted by atomic mass is 9.88. The molecular formula is C51H34O2. The summed E-state index contributed by atoms with van der Waals surface area (Å²) in [5.74, 6) is 0. The summed E-state index contributed by atoms with van der Waals surface area (Å²) in [6.45, 7) is 4.61. The predicted octanol–water partition coefficient (Wildman–Crippen LogP) is 12.3. The predicted molar refractivity (Wildman–Crippen MR) is 221 cm³/mol. The molecule has 0 aliphatic heterocycles. The molecule has 9 aromatic rings. The standard InChI is InChI=1S/C51H34O2/c1-33-13-3-2-4-15-40(39-16-6-5-14-38(39)37-28-30-50-46(32-37)43-19-10-12-22-48(43)53-50)41-17-7-8-20-44(41)51(33)35-25-23-34(24-26-35)36-27-29-49-45(31-36)42-18-9-11-21-47(42)52-49/h2-14,16-32H,1,15H2/b4-2-,13-3-,41-40+,51-44+. The highest BCUT2D eigenvalue weighted by Gasteiger charge is 2.16. The van der Waals surface area contributed by atoms with Gasteiger partial charge in [0.25, 0.3) is 0 Å². The van der Waals surface area contributed by atoms with Gasteiger partial charge in [0.15, 0.2) is 0 Å².